The summed E-state index contributed by atoms with van der Waals surface area (Å²) in [6, 6.07) is 3.66. The van der Waals surface area contributed by atoms with E-state index in [0.717, 1.165) is 24.2 Å². The Hall–Kier alpha value is -2.73. The van der Waals surface area contributed by atoms with E-state index in [4.69, 9.17) is 13.9 Å². The van der Waals surface area contributed by atoms with Gasteiger partial charge >= 0.3 is 0 Å². The van der Waals surface area contributed by atoms with Crippen LogP contribution in [0.25, 0.3) is 22.1 Å². The van der Waals surface area contributed by atoms with Crippen LogP contribution in [-0.2, 0) is 28.4 Å². The second-order valence-electron chi connectivity index (χ2n) is 9.32. The number of sulfonamides is 1. The first-order chi connectivity index (χ1) is 16.7. The van der Waals surface area contributed by atoms with Gasteiger partial charge in [0.15, 0.2) is 0 Å². The van der Waals surface area contributed by atoms with Crippen molar-refractivity contribution in [3.05, 3.63) is 46.8 Å². The molecule has 2 fully saturated rings. The SMILES string of the molecule is C[C@@H]1CN(S(C)(=O)=O)CCN1Cc1cc2c(=O)n(C)cc(-c3ccncc3OC[C@@H]3CCO3)c2o1. The number of hydrogen-bond acceptors (Lipinski definition) is 8. The first-order valence-electron chi connectivity index (χ1n) is 11.7. The van der Waals surface area contributed by atoms with Gasteiger partial charge < -0.3 is 18.5 Å². The van der Waals surface area contributed by atoms with E-state index < -0.39 is 10.0 Å². The topological polar surface area (TPSA) is 107 Å². The Kier molecular flexibility index (Phi) is 6.43. The molecule has 0 spiro atoms. The number of furan rings is 1. The standard InChI is InChI=1S/C24H30N4O6S/c1-16-12-28(35(3,30)31)8-7-27(16)13-18-10-20-23(34-18)21(14-26(2)24(20)29)19-4-6-25-11-22(19)33-15-17-5-9-32-17/h4,6,10-11,14,16-17H,5,7-9,12-13,15H2,1-3H3/t16-,17+/m1/s1. The van der Waals surface area contributed by atoms with Crippen molar-refractivity contribution in [3.8, 4) is 16.9 Å². The molecule has 3 aromatic rings. The largest absolute Gasteiger partial charge is 0.489 e. The van der Waals surface area contributed by atoms with Gasteiger partial charge in [-0.05, 0) is 19.1 Å². The van der Waals surface area contributed by atoms with Crippen LogP contribution in [0.4, 0.5) is 0 Å². The third-order valence-electron chi connectivity index (χ3n) is 6.75. The van der Waals surface area contributed by atoms with E-state index in [1.165, 1.54) is 10.6 Å². The quantitative estimate of drug-likeness (QED) is 0.482. The van der Waals surface area contributed by atoms with E-state index in [0.29, 0.717) is 55.3 Å². The lowest BCUT2D eigenvalue weighted by atomic mass is 10.1. The van der Waals surface area contributed by atoms with Crippen molar-refractivity contribution in [3.63, 3.8) is 0 Å². The monoisotopic (exact) mass is 502 g/mol. The van der Waals surface area contributed by atoms with Gasteiger partial charge in [-0.1, -0.05) is 0 Å². The molecule has 188 valence electrons. The van der Waals surface area contributed by atoms with Crippen molar-refractivity contribution >= 4 is 21.0 Å². The highest BCUT2D eigenvalue weighted by Crippen LogP contribution is 2.35. The molecule has 10 nitrogen and oxygen atoms in total. The number of aromatic nitrogens is 2. The van der Waals surface area contributed by atoms with Crippen LogP contribution in [0.15, 0.2) is 39.9 Å². The summed E-state index contributed by atoms with van der Waals surface area (Å²) < 4.78 is 44.6. The molecule has 5 rings (SSSR count). The highest BCUT2D eigenvalue weighted by molar-refractivity contribution is 7.88. The summed E-state index contributed by atoms with van der Waals surface area (Å²) >= 11 is 0. The fourth-order valence-corrected chi connectivity index (χ4v) is 5.49. The lowest BCUT2D eigenvalue weighted by molar-refractivity contribution is -0.0720. The zero-order valence-electron chi connectivity index (χ0n) is 20.1. The number of fused-ring (bicyclic) bond motifs is 1. The molecule has 0 N–H and O–H groups in total. The van der Waals surface area contributed by atoms with E-state index in [9.17, 15) is 13.2 Å². The van der Waals surface area contributed by atoms with Gasteiger partial charge in [-0.25, -0.2) is 8.42 Å². The number of nitrogens with zero attached hydrogens (tertiary/aromatic N) is 4. The molecule has 0 bridgehead atoms. The molecule has 2 atom stereocenters. The number of piperazine rings is 1. The Bertz CT molecular complexity index is 1390. The summed E-state index contributed by atoms with van der Waals surface area (Å²) in [7, 11) is -1.50. The molecule has 11 heteroatoms. The lowest BCUT2D eigenvalue weighted by Crippen LogP contribution is -2.52. The highest BCUT2D eigenvalue weighted by atomic mass is 32.2. The Balaban J connectivity index is 1.45. The number of rotatable bonds is 7. The predicted octanol–water partition coefficient (Wildman–Crippen LogP) is 1.83. The average Bonchev–Trinajstić information content (AvgIpc) is 3.20. The normalized spacial score (nSPS) is 21.8. The minimum Gasteiger partial charge on any atom is -0.489 e. The van der Waals surface area contributed by atoms with E-state index in [2.05, 4.69) is 9.88 Å². The Labute approximate surface area is 204 Å². The maximum absolute atomic E-state index is 12.9. The minimum atomic E-state index is -3.22. The smallest absolute Gasteiger partial charge is 0.261 e. The molecule has 35 heavy (non-hydrogen) atoms. The molecule has 0 radical (unpaired) electrons. The van der Waals surface area contributed by atoms with Gasteiger partial charge in [0.05, 0.1) is 30.5 Å². The summed E-state index contributed by atoms with van der Waals surface area (Å²) in [6.07, 6.45) is 7.40. The summed E-state index contributed by atoms with van der Waals surface area (Å²) in [5.41, 5.74) is 1.89. The van der Waals surface area contributed by atoms with Crippen molar-refractivity contribution in [1.82, 2.24) is 18.8 Å². The molecule has 0 saturated carbocycles. The predicted molar refractivity (Wildman–Crippen MR) is 131 cm³/mol. The van der Waals surface area contributed by atoms with E-state index >= 15 is 0 Å². The second-order valence-corrected chi connectivity index (χ2v) is 11.3. The van der Waals surface area contributed by atoms with Crippen molar-refractivity contribution in [2.75, 3.05) is 39.1 Å². The second kappa shape index (κ2) is 9.38. The number of pyridine rings is 2. The molecule has 0 amide bonds. The molecule has 3 aromatic heterocycles. The maximum Gasteiger partial charge on any atom is 0.261 e. The van der Waals surface area contributed by atoms with Crippen molar-refractivity contribution < 1.29 is 22.3 Å². The summed E-state index contributed by atoms with van der Waals surface area (Å²) in [6.45, 7) is 5.11. The number of hydrogen-bond donors (Lipinski definition) is 0. The van der Waals surface area contributed by atoms with Crippen LogP contribution >= 0.6 is 0 Å². The molecule has 2 aliphatic heterocycles. The zero-order valence-corrected chi connectivity index (χ0v) is 21.0. The van der Waals surface area contributed by atoms with Gasteiger partial charge in [0.25, 0.3) is 5.56 Å². The molecule has 0 unspecified atom stereocenters. The summed E-state index contributed by atoms with van der Waals surface area (Å²) in [4.78, 5) is 19.3. The first-order valence-corrected chi connectivity index (χ1v) is 13.6. The van der Waals surface area contributed by atoms with Crippen LogP contribution in [0.5, 0.6) is 5.75 Å². The van der Waals surface area contributed by atoms with Gasteiger partial charge in [-0.3, -0.25) is 14.7 Å². The van der Waals surface area contributed by atoms with E-state index in [1.54, 1.807) is 36.3 Å². The highest BCUT2D eigenvalue weighted by Gasteiger charge is 2.29. The number of ether oxygens (including phenoxy) is 2. The molecular formula is C24H30N4O6S. The van der Waals surface area contributed by atoms with Crippen LogP contribution in [-0.4, -0.2) is 78.4 Å². The van der Waals surface area contributed by atoms with Gasteiger partial charge in [0.1, 0.15) is 23.7 Å². The lowest BCUT2D eigenvalue weighted by Gasteiger charge is -2.38. The Morgan fingerprint density at radius 1 is 1.26 bits per heavy atom. The first kappa shape index (κ1) is 24.0. The van der Waals surface area contributed by atoms with Crippen molar-refractivity contribution in [2.45, 2.75) is 32.0 Å². The van der Waals surface area contributed by atoms with Gasteiger partial charge in [0, 0.05) is 69.3 Å². The van der Waals surface area contributed by atoms with Gasteiger partial charge in [-0.2, -0.15) is 4.31 Å². The Morgan fingerprint density at radius 3 is 2.74 bits per heavy atom. The minimum absolute atomic E-state index is 0.0166. The van der Waals surface area contributed by atoms with Crippen molar-refractivity contribution in [1.29, 1.82) is 0 Å². The fraction of sp³-hybridized carbons (Fsp3) is 0.500. The molecule has 2 aliphatic rings. The maximum atomic E-state index is 12.9. The van der Waals surface area contributed by atoms with E-state index in [-0.39, 0.29) is 17.7 Å². The molecule has 0 aromatic carbocycles. The molecular weight excluding hydrogens is 472 g/mol. The van der Waals surface area contributed by atoms with Crippen LogP contribution in [0.3, 0.4) is 0 Å². The molecule has 2 saturated heterocycles. The average molecular weight is 503 g/mol. The van der Waals surface area contributed by atoms with Gasteiger partial charge in [0.2, 0.25) is 10.0 Å². The summed E-state index contributed by atoms with van der Waals surface area (Å²) in [5, 5.41) is 0.493. The van der Waals surface area contributed by atoms with Gasteiger partial charge in [-0.15, -0.1) is 0 Å². The van der Waals surface area contributed by atoms with E-state index in [1.807, 2.05) is 13.0 Å². The Morgan fingerprint density at radius 2 is 2.06 bits per heavy atom. The molecule has 0 aliphatic carbocycles. The van der Waals surface area contributed by atoms with Crippen LogP contribution in [0, 0.1) is 0 Å². The fourth-order valence-electron chi connectivity index (χ4n) is 4.59. The van der Waals surface area contributed by atoms with Crippen LogP contribution in [0.1, 0.15) is 19.1 Å². The van der Waals surface area contributed by atoms with Crippen molar-refractivity contribution in [2.24, 2.45) is 7.05 Å². The third kappa shape index (κ3) is 4.86. The molecule has 5 heterocycles. The number of aryl methyl sites for hydroxylation is 1. The van der Waals surface area contributed by atoms with Crippen LogP contribution in [0.2, 0.25) is 0 Å². The summed E-state index contributed by atoms with van der Waals surface area (Å²) in [5.74, 6) is 1.26. The third-order valence-corrected chi connectivity index (χ3v) is 8.02. The van der Waals surface area contributed by atoms with Crippen LogP contribution < -0.4 is 10.3 Å². The zero-order chi connectivity index (χ0) is 24.7.